The van der Waals surface area contributed by atoms with E-state index in [1.54, 1.807) is 6.07 Å². The van der Waals surface area contributed by atoms with Crippen molar-refractivity contribution in [1.82, 2.24) is 5.32 Å². The molecule has 78 valence electrons. The van der Waals surface area contributed by atoms with Crippen LogP contribution in [0.5, 0.6) is 0 Å². The number of carbonyl (C=O) groups excluding carboxylic acids is 1. The Balaban J connectivity index is 2.61. The Morgan fingerprint density at radius 3 is 2.79 bits per heavy atom. The van der Waals surface area contributed by atoms with Crippen LogP contribution in [0.25, 0.3) is 0 Å². The molecule has 0 aliphatic carbocycles. The third-order valence-corrected chi connectivity index (χ3v) is 2.64. The predicted octanol–water partition coefficient (Wildman–Crippen LogP) is 3.08. The fourth-order valence-corrected chi connectivity index (χ4v) is 1.27. The van der Waals surface area contributed by atoms with Gasteiger partial charge in [0.05, 0.1) is 4.47 Å². The molecule has 0 spiro atoms. The lowest BCUT2D eigenvalue weighted by Gasteiger charge is -2.04. The Kier molecular flexibility index (Phi) is 4.01. The molecule has 0 radical (unpaired) electrons. The lowest BCUT2D eigenvalue weighted by Crippen LogP contribution is -2.26. The normalized spacial score (nSPS) is 10.6. The predicted molar refractivity (Wildman–Crippen MR) is 58.6 cm³/mol. The molecule has 0 unspecified atom stereocenters. The van der Waals surface area contributed by atoms with Gasteiger partial charge in [-0.3, -0.25) is 4.79 Å². The summed E-state index contributed by atoms with van der Waals surface area (Å²) in [7, 11) is 0. The van der Waals surface area contributed by atoms with Crippen LogP contribution in [0, 0.1) is 5.92 Å². The summed E-state index contributed by atoms with van der Waals surface area (Å²) in [6.45, 7) is 4.66. The van der Waals surface area contributed by atoms with E-state index in [4.69, 9.17) is 16.0 Å². The van der Waals surface area contributed by atoms with Crippen LogP contribution in [0.2, 0.25) is 5.22 Å². The zero-order valence-corrected chi connectivity index (χ0v) is 10.3. The monoisotopic (exact) mass is 279 g/mol. The van der Waals surface area contributed by atoms with Crippen LogP contribution >= 0.6 is 27.5 Å². The molecule has 0 aliphatic heterocycles. The molecule has 1 aromatic heterocycles. The first-order valence-corrected chi connectivity index (χ1v) is 5.41. The molecule has 0 atom stereocenters. The number of nitrogens with one attached hydrogen (secondary N) is 1. The summed E-state index contributed by atoms with van der Waals surface area (Å²) in [5.74, 6) is 0.390. The average Bonchev–Trinajstić information content (AvgIpc) is 2.43. The second-order valence-corrected chi connectivity index (χ2v) is 4.53. The van der Waals surface area contributed by atoms with E-state index in [1.165, 1.54) is 0 Å². The van der Waals surface area contributed by atoms with E-state index in [-0.39, 0.29) is 16.9 Å². The zero-order chi connectivity index (χ0) is 10.7. The molecule has 1 heterocycles. The van der Waals surface area contributed by atoms with E-state index < -0.39 is 0 Å². The highest BCUT2D eigenvalue weighted by atomic mass is 79.9. The van der Waals surface area contributed by atoms with Gasteiger partial charge in [0, 0.05) is 12.6 Å². The SMILES string of the molecule is CC(C)CNC(=O)c1cc(Br)c(Cl)o1. The van der Waals surface area contributed by atoms with Gasteiger partial charge in [0.15, 0.2) is 5.76 Å². The molecule has 14 heavy (non-hydrogen) atoms. The Bertz CT molecular complexity index is 316. The molecule has 0 saturated heterocycles. The number of amides is 1. The molecular weight excluding hydrogens is 269 g/mol. The third kappa shape index (κ3) is 3.03. The fourth-order valence-electron chi connectivity index (χ4n) is 0.842. The van der Waals surface area contributed by atoms with Crippen molar-refractivity contribution in [3.05, 3.63) is 21.5 Å². The Morgan fingerprint density at radius 2 is 2.36 bits per heavy atom. The summed E-state index contributed by atoms with van der Waals surface area (Å²) in [6.07, 6.45) is 0. The lowest BCUT2D eigenvalue weighted by molar-refractivity contribution is 0.0921. The quantitative estimate of drug-likeness (QED) is 0.924. The first kappa shape index (κ1) is 11.6. The van der Waals surface area contributed by atoms with Crippen molar-refractivity contribution in [2.45, 2.75) is 13.8 Å². The van der Waals surface area contributed by atoms with E-state index in [0.29, 0.717) is 16.9 Å². The van der Waals surface area contributed by atoms with Crippen molar-refractivity contribution in [2.75, 3.05) is 6.54 Å². The smallest absolute Gasteiger partial charge is 0.287 e. The molecule has 0 aromatic carbocycles. The third-order valence-electron chi connectivity index (χ3n) is 1.54. The molecule has 0 saturated carbocycles. The molecule has 1 amide bonds. The van der Waals surface area contributed by atoms with Gasteiger partial charge in [-0.2, -0.15) is 0 Å². The molecule has 3 nitrogen and oxygen atoms in total. The molecule has 1 rings (SSSR count). The highest BCUT2D eigenvalue weighted by molar-refractivity contribution is 9.10. The van der Waals surface area contributed by atoms with E-state index in [0.717, 1.165) is 0 Å². The highest BCUT2D eigenvalue weighted by Crippen LogP contribution is 2.25. The number of hydrogen-bond donors (Lipinski definition) is 1. The van der Waals surface area contributed by atoms with Crippen molar-refractivity contribution in [3.8, 4) is 0 Å². The van der Waals surface area contributed by atoms with Crippen LogP contribution in [-0.2, 0) is 0 Å². The largest absolute Gasteiger partial charge is 0.438 e. The topological polar surface area (TPSA) is 42.2 Å². The zero-order valence-electron chi connectivity index (χ0n) is 7.93. The summed E-state index contributed by atoms with van der Waals surface area (Å²) in [5.41, 5.74) is 0. The maximum Gasteiger partial charge on any atom is 0.287 e. The van der Waals surface area contributed by atoms with Crippen molar-refractivity contribution < 1.29 is 9.21 Å². The van der Waals surface area contributed by atoms with Gasteiger partial charge in [0.2, 0.25) is 5.22 Å². The first-order valence-electron chi connectivity index (χ1n) is 4.23. The number of halogens is 2. The second kappa shape index (κ2) is 4.84. The van der Waals surface area contributed by atoms with E-state index in [2.05, 4.69) is 21.2 Å². The van der Waals surface area contributed by atoms with Gasteiger partial charge in [-0.05, 0) is 33.4 Å². The molecule has 1 aromatic rings. The number of hydrogen-bond acceptors (Lipinski definition) is 2. The van der Waals surface area contributed by atoms with E-state index in [9.17, 15) is 4.79 Å². The molecule has 0 bridgehead atoms. The molecule has 0 aliphatic rings. The Hall–Kier alpha value is -0.480. The average molecular weight is 281 g/mol. The van der Waals surface area contributed by atoms with Gasteiger partial charge in [0.1, 0.15) is 0 Å². The van der Waals surface area contributed by atoms with Gasteiger partial charge in [-0.1, -0.05) is 13.8 Å². The minimum atomic E-state index is -0.244. The molecule has 5 heteroatoms. The van der Waals surface area contributed by atoms with Crippen molar-refractivity contribution in [1.29, 1.82) is 0 Å². The summed E-state index contributed by atoms with van der Waals surface area (Å²) in [4.78, 5) is 11.4. The lowest BCUT2D eigenvalue weighted by atomic mass is 10.2. The van der Waals surface area contributed by atoms with E-state index >= 15 is 0 Å². The summed E-state index contributed by atoms with van der Waals surface area (Å²) >= 11 is 8.80. The fraction of sp³-hybridized carbons (Fsp3) is 0.444. The number of rotatable bonds is 3. The molecule has 1 N–H and O–H groups in total. The highest BCUT2D eigenvalue weighted by Gasteiger charge is 2.13. The van der Waals surface area contributed by atoms with Crippen molar-refractivity contribution in [2.24, 2.45) is 5.92 Å². The van der Waals surface area contributed by atoms with Crippen molar-refractivity contribution in [3.63, 3.8) is 0 Å². The first-order chi connectivity index (χ1) is 6.50. The van der Waals surface area contributed by atoms with Crippen LogP contribution in [0.3, 0.4) is 0 Å². The number of furan rings is 1. The number of carbonyl (C=O) groups is 1. The Labute approximate surface area is 95.9 Å². The van der Waals surface area contributed by atoms with Crippen molar-refractivity contribution >= 4 is 33.4 Å². The maximum absolute atomic E-state index is 11.4. The Morgan fingerprint density at radius 1 is 1.71 bits per heavy atom. The molecular formula is C9H11BrClNO2. The summed E-state index contributed by atoms with van der Waals surface area (Å²) < 4.78 is 5.61. The molecule has 0 fully saturated rings. The maximum atomic E-state index is 11.4. The van der Waals surface area contributed by atoms with Crippen LogP contribution in [0.1, 0.15) is 24.4 Å². The minimum Gasteiger partial charge on any atom is -0.438 e. The standard InChI is InChI=1S/C9H11BrClNO2/c1-5(2)4-12-9(13)7-3-6(10)8(11)14-7/h3,5H,4H2,1-2H3,(H,12,13). The van der Waals surface area contributed by atoms with E-state index in [1.807, 2.05) is 13.8 Å². The summed E-state index contributed by atoms with van der Waals surface area (Å²) in [5, 5.41) is 2.92. The van der Waals surface area contributed by atoms with Crippen LogP contribution in [0.4, 0.5) is 0 Å². The van der Waals surface area contributed by atoms with Gasteiger partial charge >= 0.3 is 0 Å². The van der Waals surface area contributed by atoms with Crippen LogP contribution < -0.4 is 5.32 Å². The van der Waals surface area contributed by atoms with Gasteiger partial charge in [-0.25, -0.2) is 0 Å². The van der Waals surface area contributed by atoms with Crippen LogP contribution in [0.15, 0.2) is 15.0 Å². The second-order valence-electron chi connectivity index (χ2n) is 3.34. The van der Waals surface area contributed by atoms with Crippen LogP contribution in [-0.4, -0.2) is 12.5 Å². The van der Waals surface area contributed by atoms with Gasteiger partial charge < -0.3 is 9.73 Å². The van der Waals surface area contributed by atoms with Gasteiger partial charge in [0.25, 0.3) is 5.91 Å². The minimum absolute atomic E-state index is 0.194. The van der Waals surface area contributed by atoms with Gasteiger partial charge in [-0.15, -0.1) is 0 Å². The summed E-state index contributed by atoms with van der Waals surface area (Å²) in [6, 6.07) is 1.55.